The smallest absolute Gasteiger partial charge is 0.264 e. The summed E-state index contributed by atoms with van der Waals surface area (Å²) in [5.74, 6) is -0.973. The number of nitrogens with zero attached hydrogens (tertiary/aromatic N) is 3. The monoisotopic (exact) mass is 649 g/mol. The van der Waals surface area contributed by atoms with Gasteiger partial charge in [-0.1, -0.05) is 70.8 Å². The van der Waals surface area contributed by atoms with Gasteiger partial charge in [-0.2, -0.15) is 16.8 Å². The molecule has 0 heterocycles. The third-order valence-electron chi connectivity index (χ3n) is 7.91. The molecular formula is C33H32FN3O6S2. The molecule has 4 aromatic carbocycles. The van der Waals surface area contributed by atoms with Crippen LogP contribution in [0.3, 0.4) is 0 Å². The maximum absolute atomic E-state index is 14.5. The Bertz CT molecular complexity index is 1940. The van der Waals surface area contributed by atoms with Crippen LogP contribution in [0.4, 0.5) is 4.39 Å². The van der Waals surface area contributed by atoms with Crippen LogP contribution < -0.4 is 0 Å². The third kappa shape index (κ3) is 7.61. The Balaban J connectivity index is 1.48. The van der Waals surface area contributed by atoms with Crippen molar-refractivity contribution in [3.63, 3.8) is 0 Å². The summed E-state index contributed by atoms with van der Waals surface area (Å²) in [6.07, 6.45) is -0.529. The summed E-state index contributed by atoms with van der Waals surface area (Å²) in [4.78, 5) is 2.90. The van der Waals surface area contributed by atoms with Gasteiger partial charge in [-0.15, -0.1) is 0 Å². The molecule has 3 atom stereocenters. The normalized spacial score (nSPS) is 17.0. The molecule has 0 fully saturated rings. The first kappa shape index (κ1) is 32.3. The van der Waals surface area contributed by atoms with Crippen molar-refractivity contribution in [1.29, 1.82) is 0 Å². The SMILES string of the molecule is Cc1ccc(S(=O)(=O)OC[C@H](CC[C@@H]2c3ccccc3Cc3ccc(F)cc3[C@H]2N=[N+]=[N-])OS(=O)(=O)c2ccc(C)cc2)cc1. The summed E-state index contributed by atoms with van der Waals surface area (Å²) >= 11 is 0. The van der Waals surface area contributed by atoms with Gasteiger partial charge in [0, 0.05) is 4.91 Å². The van der Waals surface area contributed by atoms with Gasteiger partial charge in [-0.05, 0) is 103 Å². The summed E-state index contributed by atoms with van der Waals surface area (Å²) < 4.78 is 78.1. The van der Waals surface area contributed by atoms with E-state index in [4.69, 9.17) is 8.37 Å². The standard InChI is InChI=1S/C33H32FN3O6S2/c1-22-7-14-28(15-8-22)44(38,39)42-21-27(43-45(40,41)29-16-9-23(2)10-17-29)13-18-31-30-6-4-3-5-24(30)19-25-11-12-26(34)20-32(25)33(31)36-37-35/h3-12,14-17,20,27,31,33H,13,18-19,21H2,1-2H3/t27-,31+,33-/m0/s1. The van der Waals surface area contributed by atoms with E-state index in [0.29, 0.717) is 12.0 Å². The third-order valence-corrected chi connectivity index (χ3v) is 10.6. The zero-order valence-corrected chi connectivity index (χ0v) is 26.3. The van der Waals surface area contributed by atoms with Gasteiger partial charge in [0.15, 0.2) is 0 Å². The van der Waals surface area contributed by atoms with Crippen molar-refractivity contribution in [2.75, 3.05) is 6.61 Å². The summed E-state index contributed by atoms with van der Waals surface area (Å²) in [5.41, 5.74) is 14.4. The number of halogens is 1. The summed E-state index contributed by atoms with van der Waals surface area (Å²) in [7, 11) is -8.56. The van der Waals surface area contributed by atoms with E-state index in [1.54, 1.807) is 30.3 Å². The second-order valence-electron chi connectivity index (χ2n) is 11.1. The number of hydrogen-bond donors (Lipinski definition) is 0. The lowest BCUT2D eigenvalue weighted by Crippen LogP contribution is -2.27. The molecule has 5 rings (SSSR count). The number of hydrogen-bond acceptors (Lipinski definition) is 7. The molecule has 234 valence electrons. The van der Waals surface area contributed by atoms with E-state index in [1.165, 1.54) is 36.4 Å². The predicted molar refractivity (Wildman–Crippen MR) is 167 cm³/mol. The fourth-order valence-corrected chi connectivity index (χ4v) is 7.59. The van der Waals surface area contributed by atoms with Crippen molar-refractivity contribution in [2.24, 2.45) is 5.11 Å². The van der Waals surface area contributed by atoms with Crippen LogP contribution in [-0.4, -0.2) is 29.5 Å². The Kier molecular flexibility index (Phi) is 9.71. The lowest BCUT2D eigenvalue weighted by atomic mass is 9.83. The first-order chi connectivity index (χ1) is 21.5. The van der Waals surface area contributed by atoms with Gasteiger partial charge < -0.3 is 0 Å². The number of azide groups is 1. The van der Waals surface area contributed by atoms with E-state index in [2.05, 4.69) is 10.0 Å². The number of fused-ring (bicyclic) bond motifs is 2. The molecule has 1 aliphatic rings. The van der Waals surface area contributed by atoms with Gasteiger partial charge in [0.05, 0.1) is 22.4 Å². The predicted octanol–water partition coefficient (Wildman–Crippen LogP) is 7.44. The summed E-state index contributed by atoms with van der Waals surface area (Å²) in [6, 6.07) is 23.3. The van der Waals surface area contributed by atoms with Crippen LogP contribution in [0.15, 0.2) is 106 Å². The van der Waals surface area contributed by atoms with Gasteiger partial charge in [0.25, 0.3) is 20.2 Å². The summed E-state index contributed by atoms with van der Waals surface area (Å²) in [5, 5.41) is 4.07. The minimum absolute atomic E-state index is 0.00953. The van der Waals surface area contributed by atoms with E-state index in [1.807, 2.05) is 38.1 Å². The van der Waals surface area contributed by atoms with Crippen LogP contribution in [0.1, 0.15) is 58.2 Å². The largest absolute Gasteiger partial charge is 0.297 e. The molecule has 0 unspecified atom stereocenters. The van der Waals surface area contributed by atoms with Gasteiger partial charge >= 0.3 is 0 Å². The topological polar surface area (TPSA) is 136 Å². The van der Waals surface area contributed by atoms with Crippen LogP contribution in [0.2, 0.25) is 0 Å². The second kappa shape index (κ2) is 13.5. The maximum Gasteiger partial charge on any atom is 0.297 e. The average molecular weight is 650 g/mol. The Hall–Kier alpha value is -4.06. The molecule has 4 aromatic rings. The molecule has 0 saturated heterocycles. The van der Waals surface area contributed by atoms with Crippen molar-refractivity contribution < 1.29 is 29.6 Å². The number of rotatable bonds is 11. The van der Waals surface area contributed by atoms with Crippen molar-refractivity contribution in [3.8, 4) is 0 Å². The fourth-order valence-electron chi connectivity index (χ4n) is 5.57. The highest BCUT2D eigenvalue weighted by Crippen LogP contribution is 2.44. The first-order valence-corrected chi connectivity index (χ1v) is 17.1. The molecule has 9 nitrogen and oxygen atoms in total. The lowest BCUT2D eigenvalue weighted by molar-refractivity contribution is 0.125. The van der Waals surface area contributed by atoms with Crippen LogP contribution in [-0.2, 0) is 35.0 Å². The molecule has 0 N–H and O–H groups in total. The second-order valence-corrected chi connectivity index (χ2v) is 14.3. The zero-order valence-electron chi connectivity index (χ0n) is 24.7. The molecule has 0 saturated carbocycles. The fraction of sp³-hybridized carbons (Fsp3) is 0.273. The molecular weight excluding hydrogens is 618 g/mol. The van der Waals surface area contributed by atoms with E-state index < -0.39 is 50.7 Å². The van der Waals surface area contributed by atoms with Gasteiger partial charge in [-0.3, -0.25) is 8.37 Å². The molecule has 0 aromatic heterocycles. The van der Waals surface area contributed by atoms with E-state index in [9.17, 15) is 26.8 Å². The van der Waals surface area contributed by atoms with Crippen molar-refractivity contribution in [3.05, 3.63) is 141 Å². The zero-order chi connectivity index (χ0) is 32.2. The van der Waals surface area contributed by atoms with Crippen LogP contribution >= 0.6 is 0 Å². The lowest BCUT2D eigenvalue weighted by Gasteiger charge is -2.26. The highest BCUT2D eigenvalue weighted by atomic mass is 32.2. The molecule has 0 amide bonds. The highest BCUT2D eigenvalue weighted by Gasteiger charge is 2.33. The van der Waals surface area contributed by atoms with Crippen LogP contribution in [0.25, 0.3) is 10.4 Å². The Morgan fingerprint density at radius 2 is 1.44 bits per heavy atom. The van der Waals surface area contributed by atoms with Crippen LogP contribution in [0.5, 0.6) is 0 Å². The molecule has 0 radical (unpaired) electrons. The molecule has 0 spiro atoms. The average Bonchev–Trinajstić information content (AvgIpc) is 3.13. The van der Waals surface area contributed by atoms with Gasteiger partial charge in [0.2, 0.25) is 0 Å². The Labute approximate surface area is 262 Å². The Morgan fingerprint density at radius 3 is 2.09 bits per heavy atom. The van der Waals surface area contributed by atoms with E-state index >= 15 is 0 Å². The van der Waals surface area contributed by atoms with Crippen molar-refractivity contribution >= 4 is 20.2 Å². The van der Waals surface area contributed by atoms with Crippen molar-refractivity contribution in [1.82, 2.24) is 0 Å². The molecule has 0 aliphatic heterocycles. The van der Waals surface area contributed by atoms with E-state index in [-0.39, 0.29) is 22.6 Å². The van der Waals surface area contributed by atoms with Gasteiger partial charge in [-0.25, -0.2) is 4.39 Å². The first-order valence-electron chi connectivity index (χ1n) is 14.3. The molecule has 0 bridgehead atoms. The quantitative estimate of drug-likeness (QED) is 0.0717. The van der Waals surface area contributed by atoms with Crippen LogP contribution in [0, 0.1) is 19.7 Å². The number of benzene rings is 4. The highest BCUT2D eigenvalue weighted by molar-refractivity contribution is 7.87. The number of aryl methyl sites for hydroxylation is 2. The minimum atomic E-state index is -4.32. The molecule has 12 heteroatoms. The van der Waals surface area contributed by atoms with Gasteiger partial charge in [0.1, 0.15) is 11.9 Å². The maximum atomic E-state index is 14.5. The molecule has 45 heavy (non-hydrogen) atoms. The minimum Gasteiger partial charge on any atom is -0.264 e. The summed E-state index contributed by atoms with van der Waals surface area (Å²) in [6.45, 7) is 3.05. The van der Waals surface area contributed by atoms with E-state index in [0.717, 1.165) is 27.8 Å². The molecule has 1 aliphatic carbocycles. The Morgan fingerprint density at radius 1 is 0.844 bits per heavy atom. The van der Waals surface area contributed by atoms with Crippen molar-refractivity contribution in [2.45, 2.75) is 61.0 Å².